The molecule has 0 N–H and O–H groups in total. The van der Waals surface area contributed by atoms with Crippen molar-refractivity contribution in [1.29, 1.82) is 0 Å². The molecule has 0 aliphatic rings. The molecule has 0 radical (unpaired) electrons. The molecule has 0 aliphatic carbocycles. The molecule has 186 valence electrons. The van der Waals surface area contributed by atoms with Crippen molar-refractivity contribution in [1.82, 2.24) is 19.7 Å². The lowest BCUT2D eigenvalue weighted by Gasteiger charge is -2.15. The lowest BCUT2D eigenvalue weighted by molar-refractivity contribution is 0.0988. The highest BCUT2D eigenvalue weighted by Crippen LogP contribution is 2.36. The van der Waals surface area contributed by atoms with Crippen LogP contribution in [-0.4, -0.2) is 32.6 Å². The van der Waals surface area contributed by atoms with Crippen LogP contribution in [0.3, 0.4) is 0 Å². The van der Waals surface area contributed by atoms with E-state index in [1.54, 1.807) is 18.2 Å². The van der Waals surface area contributed by atoms with Crippen LogP contribution >= 0.6 is 0 Å². The summed E-state index contributed by atoms with van der Waals surface area (Å²) in [4.78, 5) is 22.2. The Morgan fingerprint density at radius 2 is 1.84 bits per heavy atom. The van der Waals surface area contributed by atoms with E-state index in [0.717, 1.165) is 40.4 Å². The molecule has 2 aromatic heterocycles. The van der Waals surface area contributed by atoms with Crippen molar-refractivity contribution in [3.63, 3.8) is 0 Å². The van der Waals surface area contributed by atoms with Gasteiger partial charge in [0.2, 0.25) is 0 Å². The van der Waals surface area contributed by atoms with Crippen molar-refractivity contribution < 1.29 is 13.9 Å². The summed E-state index contributed by atoms with van der Waals surface area (Å²) >= 11 is 0. The van der Waals surface area contributed by atoms with E-state index in [4.69, 9.17) is 4.74 Å². The summed E-state index contributed by atoms with van der Waals surface area (Å²) in [6.07, 6.45) is 5.40. The van der Waals surface area contributed by atoms with Gasteiger partial charge in [-0.15, -0.1) is 0 Å². The number of rotatable bonds is 8. The second kappa shape index (κ2) is 10.3. The minimum absolute atomic E-state index is 0.108. The van der Waals surface area contributed by atoms with Gasteiger partial charge < -0.3 is 4.74 Å². The van der Waals surface area contributed by atoms with E-state index in [1.165, 1.54) is 24.9 Å². The van der Waals surface area contributed by atoms with Gasteiger partial charge in [0, 0.05) is 25.1 Å². The number of hydrogen-bond donors (Lipinski definition) is 0. The van der Waals surface area contributed by atoms with Crippen LogP contribution in [0.4, 0.5) is 4.39 Å². The Labute approximate surface area is 214 Å². The molecule has 3 aromatic carbocycles. The quantitative estimate of drug-likeness (QED) is 0.240. The van der Waals surface area contributed by atoms with Crippen LogP contribution in [0.1, 0.15) is 35.0 Å². The zero-order valence-electron chi connectivity index (χ0n) is 21.0. The molecule has 0 bridgehead atoms. The van der Waals surface area contributed by atoms with Crippen LogP contribution < -0.4 is 4.74 Å². The number of carbonyl (C=O) groups excluding carboxylic acids is 1. The van der Waals surface area contributed by atoms with Gasteiger partial charge in [-0.1, -0.05) is 49.7 Å². The van der Waals surface area contributed by atoms with Crippen molar-refractivity contribution in [3.8, 4) is 28.3 Å². The monoisotopic (exact) mass is 494 g/mol. The Morgan fingerprint density at radius 3 is 2.65 bits per heavy atom. The molecule has 0 atom stereocenters. The Morgan fingerprint density at radius 1 is 1.00 bits per heavy atom. The fraction of sp³-hybridized carbons (Fsp3) is 0.200. The van der Waals surface area contributed by atoms with Crippen LogP contribution in [0.25, 0.3) is 33.4 Å². The first-order chi connectivity index (χ1) is 18.0. The van der Waals surface area contributed by atoms with Crippen LogP contribution in [0.15, 0.2) is 73.1 Å². The number of aromatic nitrogens is 4. The van der Waals surface area contributed by atoms with Crippen molar-refractivity contribution in [2.24, 2.45) is 7.05 Å². The summed E-state index contributed by atoms with van der Waals surface area (Å²) < 4.78 is 21.8. The fourth-order valence-electron chi connectivity index (χ4n) is 4.78. The number of fused-ring (bicyclic) bond motifs is 1. The van der Waals surface area contributed by atoms with E-state index in [-0.39, 0.29) is 29.3 Å². The molecule has 2 heterocycles. The van der Waals surface area contributed by atoms with Gasteiger partial charge >= 0.3 is 0 Å². The third-order valence-corrected chi connectivity index (χ3v) is 6.53. The van der Waals surface area contributed by atoms with E-state index in [9.17, 15) is 9.18 Å². The molecule has 0 saturated carbocycles. The zero-order chi connectivity index (χ0) is 25.9. The summed E-state index contributed by atoms with van der Waals surface area (Å²) in [5.41, 5.74) is 5.57. The molecule has 0 unspecified atom stereocenters. The Kier molecular flexibility index (Phi) is 6.77. The number of halogens is 1. The first-order valence-corrected chi connectivity index (χ1v) is 12.2. The minimum Gasteiger partial charge on any atom is -0.496 e. The predicted octanol–water partition coefficient (Wildman–Crippen LogP) is 6.22. The van der Waals surface area contributed by atoms with Crippen molar-refractivity contribution >= 4 is 16.7 Å². The van der Waals surface area contributed by atoms with Gasteiger partial charge in [0.05, 0.1) is 24.4 Å². The minimum atomic E-state index is -0.513. The highest BCUT2D eigenvalue weighted by atomic mass is 19.1. The molecule has 37 heavy (non-hydrogen) atoms. The van der Waals surface area contributed by atoms with E-state index in [1.807, 2.05) is 42.2 Å². The molecule has 5 aromatic rings. The van der Waals surface area contributed by atoms with Crippen LogP contribution in [0.2, 0.25) is 0 Å². The number of hydrogen-bond acceptors (Lipinski definition) is 5. The number of methoxy groups -OCH3 is 1. The van der Waals surface area contributed by atoms with E-state index >= 15 is 0 Å². The third-order valence-electron chi connectivity index (χ3n) is 6.53. The standard InChI is InChI=1S/C30H27FN4O2/c1-4-8-19-9-5-6-10-21(19)28-20(13-14-25-22(28)18-33-35(25)2)17-26(36)24-15-16-32-30(34-24)29-23(31)11-7-12-27(29)37-3/h5-7,9-16,18H,4,8,17H2,1-3H3. The number of nitrogens with zero attached hydrogens (tertiary/aromatic N) is 4. The second-order valence-electron chi connectivity index (χ2n) is 8.89. The van der Waals surface area contributed by atoms with Gasteiger partial charge in [0.15, 0.2) is 11.6 Å². The largest absolute Gasteiger partial charge is 0.496 e. The Balaban J connectivity index is 1.58. The summed E-state index contributed by atoms with van der Waals surface area (Å²) in [6.45, 7) is 2.16. The molecular formula is C30H27FN4O2. The smallest absolute Gasteiger partial charge is 0.185 e. The van der Waals surface area contributed by atoms with E-state index in [0.29, 0.717) is 5.75 Å². The Hall–Kier alpha value is -4.39. The maximum absolute atomic E-state index is 14.6. The molecule has 6 nitrogen and oxygen atoms in total. The van der Waals surface area contributed by atoms with Crippen molar-refractivity contribution in [3.05, 3.63) is 95.7 Å². The molecule has 7 heteroatoms. The van der Waals surface area contributed by atoms with Crippen molar-refractivity contribution in [2.45, 2.75) is 26.2 Å². The number of Topliss-reactive ketones (excluding diaryl/α,β-unsaturated/α-hetero) is 1. The van der Waals surface area contributed by atoms with E-state index < -0.39 is 5.82 Å². The van der Waals surface area contributed by atoms with Crippen molar-refractivity contribution in [2.75, 3.05) is 7.11 Å². The first kappa shape index (κ1) is 24.3. The number of benzene rings is 3. The average Bonchev–Trinajstić information content (AvgIpc) is 3.29. The van der Waals surface area contributed by atoms with Gasteiger partial charge in [-0.2, -0.15) is 5.10 Å². The SMILES string of the molecule is CCCc1ccccc1-c1c(CC(=O)c2ccnc(-c3c(F)cccc3OC)n2)ccc2c1cnn2C. The molecule has 0 aliphatic heterocycles. The highest BCUT2D eigenvalue weighted by molar-refractivity contribution is 6.02. The molecule has 5 rings (SSSR count). The number of carbonyl (C=O) groups is 1. The Bertz CT molecular complexity index is 1610. The number of ether oxygens (including phenoxy) is 1. The summed E-state index contributed by atoms with van der Waals surface area (Å²) in [6, 6.07) is 18.4. The normalized spacial score (nSPS) is 11.1. The molecule has 0 spiro atoms. The number of aryl methyl sites for hydroxylation is 2. The van der Waals surface area contributed by atoms with E-state index in [2.05, 4.69) is 34.1 Å². The van der Waals surface area contributed by atoms with Gasteiger partial charge in [0.1, 0.15) is 17.3 Å². The average molecular weight is 495 g/mol. The summed E-state index contributed by atoms with van der Waals surface area (Å²) in [5, 5.41) is 5.47. The molecule has 0 fully saturated rings. The number of ketones is 1. The maximum atomic E-state index is 14.6. The topological polar surface area (TPSA) is 69.9 Å². The maximum Gasteiger partial charge on any atom is 0.185 e. The van der Waals surface area contributed by atoms with Gasteiger partial charge in [-0.3, -0.25) is 9.48 Å². The summed E-state index contributed by atoms with van der Waals surface area (Å²) in [5.74, 6) is -0.282. The van der Waals surface area contributed by atoms with Gasteiger partial charge in [-0.05, 0) is 52.9 Å². The highest BCUT2D eigenvalue weighted by Gasteiger charge is 2.20. The fourth-order valence-corrected chi connectivity index (χ4v) is 4.78. The molecular weight excluding hydrogens is 467 g/mol. The zero-order valence-corrected chi connectivity index (χ0v) is 21.0. The summed E-state index contributed by atoms with van der Waals surface area (Å²) in [7, 11) is 3.37. The van der Waals surface area contributed by atoms with Crippen LogP contribution in [0, 0.1) is 5.82 Å². The van der Waals surface area contributed by atoms with Gasteiger partial charge in [-0.25, -0.2) is 14.4 Å². The van der Waals surface area contributed by atoms with Crippen LogP contribution in [-0.2, 0) is 19.9 Å². The van der Waals surface area contributed by atoms with Crippen LogP contribution in [0.5, 0.6) is 5.75 Å². The lowest BCUT2D eigenvalue weighted by Crippen LogP contribution is -2.09. The second-order valence-corrected chi connectivity index (χ2v) is 8.89. The molecule has 0 saturated heterocycles. The van der Waals surface area contributed by atoms with Gasteiger partial charge in [0.25, 0.3) is 0 Å². The third kappa shape index (κ3) is 4.60. The first-order valence-electron chi connectivity index (χ1n) is 12.2. The lowest BCUT2D eigenvalue weighted by atomic mass is 9.89. The molecule has 0 amide bonds. The predicted molar refractivity (Wildman–Crippen MR) is 142 cm³/mol.